The zero-order valence-corrected chi connectivity index (χ0v) is 18.3. The molecule has 3 N–H and O–H groups in total. The van der Waals surface area contributed by atoms with Gasteiger partial charge in [0.25, 0.3) is 0 Å². The quantitative estimate of drug-likeness (QED) is 0.242. The molecule has 0 saturated heterocycles. The number of rotatable bonds is 9. The lowest BCUT2D eigenvalue weighted by Gasteiger charge is -2.12. The van der Waals surface area contributed by atoms with Gasteiger partial charge in [0.15, 0.2) is 5.96 Å². The van der Waals surface area contributed by atoms with Gasteiger partial charge in [0.1, 0.15) is 0 Å². The average molecular weight is 441 g/mol. The van der Waals surface area contributed by atoms with Gasteiger partial charge in [-0.25, -0.2) is 13.1 Å². The highest BCUT2D eigenvalue weighted by molar-refractivity contribution is 7.99. The lowest BCUT2D eigenvalue weighted by atomic mass is 10.1. The van der Waals surface area contributed by atoms with E-state index in [9.17, 15) is 8.42 Å². The number of guanidine groups is 1. The third-order valence-corrected chi connectivity index (χ3v) is 6.42. The van der Waals surface area contributed by atoms with Gasteiger partial charge in [-0.3, -0.25) is 4.99 Å². The molecule has 0 aliphatic heterocycles. The molecule has 28 heavy (non-hydrogen) atoms. The lowest BCUT2D eigenvalue weighted by molar-refractivity contribution is 0.587. The Morgan fingerprint density at radius 1 is 1.11 bits per heavy atom. The molecule has 0 spiro atoms. The maximum absolute atomic E-state index is 11.7. The van der Waals surface area contributed by atoms with Crippen LogP contribution in [0.4, 0.5) is 0 Å². The predicted molar refractivity (Wildman–Crippen MR) is 119 cm³/mol. The fraction of sp³-hybridized carbons (Fsp3) is 0.316. The Labute approximate surface area is 176 Å². The summed E-state index contributed by atoms with van der Waals surface area (Å²) in [6, 6.07) is 15.3. The lowest BCUT2D eigenvalue weighted by Crippen LogP contribution is -2.37. The molecule has 0 aromatic heterocycles. The van der Waals surface area contributed by atoms with Crippen LogP contribution in [0, 0.1) is 0 Å². The second-order valence-electron chi connectivity index (χ2n) is 5.94. The standard InChI is InChI=1S/C19H25ClN4O2S2/c1-21-19(23-10-11-27-18-8-6-17(20)7-9-18)24-13-15-4-3-5-16(12-15)14-28(25,26)22-2/h3-9,12,22H,10-11,13-14H2,1-2H3,(H2,21,23,24). The number of halogens is 1. The van der Waals surface area contributed by atoms with Crippen LogP contribution in [0.15, 0.2) is 58.4 Å². The van der Waals surface area contributed by atoms with Crippen molar-refractivity contribution in [3.8, 4) is 0 Å². The Morgan fingerprint density at radius 3 is 2.50 bits per heavy atom. The zero-order valence-electron chi connectivity index (χ0n) is 15.9. The first-order valence-corrected chi connectivity index (χ1v) is 11.8. The Balaban J connectivity index is 1.78. The van der Waals surface area contributed by atoms with Gasteiger partial charge in [-0.05, 0) is 42.4 Å². The number of nitrogens with zero attached hydrogens (tertiary/aromatic N) is 1. The van der Waals surface area contributed by atoms with Crippen LogP contribution in [0.5, 0.6) is 0 Å². The molecule has 0 saturated carbocycles. The molecule has 0 radical (unpaired) electrons. The van der Waals surface area contributed by atoms with Crippen molar-refractivity contribution in [1.82, 2.24) is 15.4 Å². The Bertz CT molecular complexity index is 887. The van der Waals surface area contributed by atoms with Crippen molar-refractivity contribution >= 4 is 39.3 Å². The topological polar surface area (TPSA) is 82.6 Å². The van der Waals surface area contributed by atoms with Crippen molar-refractivity contribution in [1.29, 1.82) is 0 Å². The molecule has 2 rings (SSSR count). The second kappa shape index (κ2) is 11.3. The van der Waals surface area contributed by atoms with Crippen molar-refractivity contribution in [2.24, 2.45) is 4.99 Å². The van der Waals surface area contributed by atoms with Crippen molar-refractivity contribution in [2.45, 2.75) is 17.2 Å². The van der Waals surface area contributed by atoms with E-state index >= 15 is 0 Å². The predicted octanol–water partition coefficient (Wildman–Crippen LogP) is 2.85. The molecule has 0 bridgehead atoms. The van der Waals surface area contributed by atoms with Gasteiger partial charge < -0.3 is 10.6 Å². The van der Waals surface area contributed by atoms with E-state index < -0.39 is 10.0 Å². The van der Waals surface area contributed by atoms with Gasteiger partial charge in [-0.15, -0.1) is 11.8 Å². The van der Waals surface area contributed by atoms with Gasteiger partial charge in [-0.2, -0.15) is 0 Å². The van der Waals surface area contributed by atoms with Gasteiger partial charge >= 0.3 is 0 Å². The third kappa shape index (κ3) is 8.10. The summed E-state index contributed by atoms with van der Waals surface area (Å²) in [5.74, 6) is 1.55. The zero-order chi connectivity index (χ0) is 20.4. The molecule has 0 atom stereocenters. The Morgan fingerprint density at radius 2 is 1.82 bits per heavy atom. The normalized spacial score (nSPS) is 12.0. The maximum atomic E-state index is 11.7. The Kier molecular flexibility index (Phi) is 9.11. The number of aliphatic imine (C=N–C) groups is 1. The Hall–Kier alpha value is -1.74. The fourth-order valence-corrected chi connectivity index (χ4v) is 4.05. The minimum absolute atomic E-state index is 0.0355. The highest BCUT2D eigenvalue weighted by atomic mass is 35.5. The summed E-state index contributed by atoms with van der Waals surface area (Å²) in [5.41, 5.74) is 1.73. The number of hydrogen-bond acceptors (Lipinski definition) is 4. The number of hydrogen-bond donors (Lipinski definition) is 3. The molecule has 152 valence electrons. The minimum atomic E-state index is -3.28. The van der Waals surface area contributed by atoms with Crippen molar-refractivity contribution < 1.29 is 8.42 Å². The van der Waals surface area contributed by atoms with Crippen LogP contribution < -0.4 is 15.4 Å². The van der Waals surface area contributed by atoms with Gasteiger partial charge in [-0.1, -0.05) is 35.9 Å². The van der Waals surface area contributed by atoms with Crippen LogP contribution in [-0.4, -0.2) is 40.8 Å². The first-order chi connectivity index (χ1) is 13.4. The first-order valence-electron chi connectivity index (χ1n) is 8.74. The summed E-state index contributed by atoms with van der Waals surface area (Å²) in [4.78, 5) is 5.39. The molecular weight excluding hydrogens is 416 g/mol. The molecule has 2 aromatic carbocycles. The molecule has 0 aliphatic carbocycles. The summed E-state index contributed by atoms with van der Waals surface area (Å²) in [6.07, 6.45) is 0. The van der Waals surface area contributed by atoms with Crippen LogP contribution in [0.1, 0.15) is 11.1 Å². The van der Waals surface area contributed by atoms with E-state index in [-0.39, 0.29) is 5.75 Å². The minimum Gasteiger partial charge on any atom is -0.356 e. The van der Waals surface area contributed by atoms with E-state index in [1.807, 2.05) is 42.5 Å². The van der Waals surface area contributed by atoms with E-state index in [1.54, 1.807) is 24.9 Å². The monoisotopic (exact) mass is 440 g/mol. The van der Waals surface area contributed by atoms with E-state index in [1.165, 1.54) is 11.9 Å². The van der Waals surface area contributed by atoms with Crippen LogP contribution in [0.3, 0.4) is 0 Å². The smallest absolute Gasteiger partial charge is 0.215 e. The van der Waals surface area contributed by atoms with Gasteiger partial charge in [0.05, 0.1) is 5.75 Å². The van der Waals surface area contributed by atoms with Crippen LogP contribution in [0.25, 0.3) is 0 Å². The van der Waals surface area contributed by atoms with Gasteiger partial charge in [0.2, 0.25) is 10.0 Å². The number of benzene rings is 2. The number of sulfonamides is 1. The summed E-state index contributed by atoms with van der Waals surface area (Å²) in [5, 5.41) is 7.25. The van der Waals surface area contributed by atoms with Crippen LogP contribution in [0.2, 0.25) is 5.02 Å². The molecule has 9 heteroatoms. The van der Waals surface area contributed by atoms with Gasteiger partial charge in [0, 0.05) is 35.8 Å². The van der Waals surface area contributed by atoms with E-state index in [0.717, 1.165) is 28.4 Å². The van der Waals surface area contributed by atoms with Crippen LogP contribution in [-0.2, 0) is 22.3 Å². The largest absolute Gasteiger partial charge is 0.356 e. The fourth-order valence-electron chi connectivity index (χ4n) is 2.40. The molecule has 2 aromatic rings. The average Bonchev–Trinajstić information content (AvgIpc) is 2.69. The summed E-state index contributed by atoms with van der Waals surface area (Å²) in [6.45, 7) is 1.31. The molecule has 6 nitrogen and oxygen atoms in total. The number of thioether (sulfide) groups is 1. The molecular formula is C19H25ClN4O2S2. The van der Waals surface area contributed by atoms with Crippen LogP contribution >= 0.6 is 23.4 Å². The molecule has 0 amide bonds. The summed E-state index contributed by atoms with van der Waals surface area (Å²) in [7, 11) is -0.144. The summed E-state index contributed by atoms with van der Waals surface area (Å²) < 4.78 is 25.7. The van der Waals surface area contributed by atoms with E-state index in [4.69, 9.17) is 11.6 Å². The highest BCUT2D eigenvalue weighted by Gasteiger charge is 2.09. The van der Waals surface area contributed by atoms with E-state index in [2.05, 4.69) is 20.3 Å². The molecule has 0 fully saturated rings. The number of nitrogens with one attached hydrogen (secondary N) is 3. The van der Waals surface area contributed by atoms with Crippen molar-refractivity contribution in [3.63, 3.8) is 0 Å². The summed E-state index contributed by atoms with van der Waals surface area (Å²) >= 11 is 7.63. The molecule has 0 aliphatic rings. The third-order valence-electron chi connectivity index (χ3n) is 3.82. The van der Waals surface area contributed by atoms with E-state index in [0.29, 0.717) is 12.5 Å². The first kappa shape index (κ1) is 22.5. The van der Waals surface area contributed by atoms with Crippen molar-refractivity contribution in [3.05, 3.63) is 64.7 Å². The highest BCUT2D eigenvalue weighted by Crippen LogP contribution is 2.19. The second-order valence-corrected chi connectivity index (χ2v) is 9.47. The maximum Gasteiger partial charge on any atom is 0.215 e. The van der Waals surface area contributed by atoms with Crippen molar-refractivity contribution in [2.75, 3.05) is 26.4 Å². The molecule has 0 heterocycles. The molecule has 0 unspecified atom stereocenters. The SMILES string of the molecule is CN=C(NCCSc1ccc(Cl)cc1)NCc1cccc(CS(=O)(=O)NC)c1.